The molecule has 2 fully saturated rings. The number of hydrogen-bond acceptors (Lipinski definition) is 4. The van der Waals surface area contributed by atoms with Crippen LogP contribution in [0.15, 0.2) is 18.2 Å². The first-order valence-corrected chi connectivity index (χ1v) is 7.57. The number of piperidine rings is 1. The Morgan fingerprint density at radius 1 is 1.29 bits per heavy atom. The summed E-state index contributed by atoms with van der Waals surface area (Å²) < 4.78 is 13.4. The SMILES string of the molecule is O=[N+]([O-])c1ccc(F)cc1N1CCC(C2CCCN2)CC1. The van der Waals surface area contributed by atoms with Crippen LogP contribution in [-0.2, 0) is 0 Å². The fourth-order valence-electron chi connectivity index (χ4n) is 3.56. The number of benzene rings is 1. The fourth-order valence-corrected chi connectivity index (χ4v) is 3.56. The standard InChI is InChI=1S/C15H20FN3O2/c16-12-3-4-14(19(20)21)15(10-12)18-8-5-11(6-9-18)13-2-1-7-17-13/h3-4,10-11,13,17H,1-2,5-9H2. The Balaban J connectivity index is 1.71. The molecular formula is C15H20FN3O2. The summed E-state index contributed by atoms with van der Waals surface area (Å²) >= 11 is 0. The highest BCUT2D eigenvalue weighted by atomic mass is 19.1. The van der Waals surface area contributed by atoms with E-state index in [2.05, 4.69) is 5.32 Å². The summed E-state index contributed by atoms with van der Waals surface area (Å²) in [6, 6.07) is 4.29. The molecule has 0 aliphatic carbocycles. The molecule has 5 nitrogen and oxygen atoms in total. The molecule has 114 valence electrons. The van der Waals surface area contributed by atoms with Gasteiger partial charge in [-0.25, -0.2) is 4.39 Å². The predicted octanol–water partition coefficient (Wildman–Crippen LogP) is 2.70. The van der Waals surface area contributed by atoms with E-state index >= 15 is 0 Å². The molecule has 1 N–H and O–H groups in total. The molecule has 0 saturated carbocycles. The quantitative estimate of drug-likeness (QED) is 0.687. The Morgan fingerprint density at radius 3 is 2.67 bits per heavy atom. The van der Waals surface area contributed by atoms with E-state index in [1.807, 2.05) is 4.90 Å². The maximum atomic E-state index is 13.4. The van der Waals surface area contributed by atoms with E-state index in [-0.39, 0.29) is 5.69 Å². The zero-order valence-electron chi connectivity index (χ0n) is 11.9. The van der Waals surface area contributed by atoms with Crippen LogP contribution in [0, 0.1) is 21.8 Å². The number of nitro benzene ring substituents is 1. The molecule has 1 atom stereocenters. The van der Waals surface area contributed by atoms with Crippen molar-refractivity contribution in [1.82, 2.24) is 5.32 Å². The van der Waals surface area contributed by atoms with Crippen LogP contribution in [-0.4, -0.2) is 30.6 Å². The van der Waals surface area contributed by atoms with Crippen LogP contribution < -0.4 is 10.2 Å². The highest BCUT2D eigenvalue weighted by Crippen LogP contribution is 2.33. The third kappa shape index (κ3) is 3.00. The molecule has 1 aromatic carbocycles. The van der Waals surface area contributed by atoms with E-state index in [1.165, 1.54) is 25.0 Å². The maximum Gasteiger partial charge on any atom is 0.292 e. The molecule has 2 aliphatic rings. The van der Waals surface area contributed by atoms with Crippen LogP contribution in [0.3, 0.4) is 0 Å². The Bertz CT molecular complexity index is 524. The van der Waals surface area contributed by atoms with Crippen molar-refractivity contribution < 1.29 is 9.31 Å². The van der Waals surface area contributed by atoms with E-state index in [4.69, 9.17) is 0 Å². The van der Waals surface area contributed by atoms with Crippen LogP contribution in [0.2, 0.25) is 0 Å². The lowest BCUT2D eigenvalue weighted by Crippen LogP contribution is -2.41. The highest BCUT2D eigenvalue weighted by Gasteiger charge is 2.30. The van der Waals surface area contributed by atoms with Crippen LogP contribution in [0.25, 0.3) is 0 Å². The molecule has 0 radical (unpaired) electrons. The van der Waals surface area contributed by atoms with E-state index in [1.54, 1.807) is 0 Å². The molecular weight excluding hydrogens is 273 g/mol. The van der Waals surface area contributed by atoms with Crippen molar-refractivity contribution >= 4 is 11.4 Å². The average Bonchev–Trinajstić information content (AvgIpc) is 3.01. The van der Waals surface area contributed by atoms with Crippen molar-refractivity contribution in [3.8, 4) is 0 Å². The third-order valence-electron chi connectivity index (χ3n) is 4.68. The Kier molecular flexibility index (Phi) is 4.05. The van der Waals surface area contributed by atoms with Crippen LogP contribution in [0.1, 0.15) is 25.7 Å². The van der Waals surface area contributed by atoms with Crippen molar-refractivity contribution in [3.05, 3.63) is 34.1 Å². The molecule has 2 aliphatic heterocycles. The second kappa shape index (κ2) is 5.97. The van der Waals surface area contributed by atoms with Gasteiger partial charge in [0, 0.05) is 31.3 Å². The smallest absolute Gasteiger partial charge is 0.292 e. The van der Waals surface area contributed by atoms with E-state index in [0.29, 0.717) is 17.6 Å². The first kappa shape index (κ1) is 14.3. The number of anilines is 1. The summed E-state index contributed by atoms with van der Waals surface area (Å²) in [5, 5.41) is 14.6. The van der Waals surface area contributed by atoms with Gasteiger partial charge in [0.2, 0.25) is 0 Å². The molecule has 2 saturated heterocycles. The van der Waals surface area contributed by atoms with Gasteiger partial charge in [0.05, 0.1) is 4.92 Å². The van der Waals surface area contributed by atoms with Crippen molar-refractivity contribution in [3.63, 3.8) is 0 Å². The van der Waals surface area contributed by atoms with Gasteiger partial charge in [-0.3, -0.25) is 10.1 Å². The molecule has 0 bridgehead atoms. The number of hydrogen-bond donors (Lipinski definition) is 1. The van der Waals surface area contributed by atoms with Gasteiger partial charge in [-0.1, -0.05) is 0 Å². The number of rotatable bonds is 3. The number of halogens is 1. The van der Waals surface area contributed by atoms with Crippen molar-refractivity contribution in [2.45, 2.75) is 31.7 Å². The summed E-state index contributed by atoms with van der Waals surface area (Å²) in [6.07, 6.45) is 4.47. The van der Waals surface area contributed by atoms with Crippen LogP contribution in [0.5, 0.6) is 0 Å². The van der Waals surface area contributed by atoms with Gasteiger partial charge in [0.1, 0.15) is 11.5 Å². The van der Waals surface area contributed by atoms with Crippen LogP contribution >= 0.6 is 0 Å². The second-order valence-corrected chi connectivity index (χ2v) is 5.92. The number of nitro groups is 1. The maximum absolute atomic E-state index is 13.4. The van der Waals surface area contributed by atoms with Crippen molar-refractivity contribution in [2.24, 2.45) is 5.92 Å². The van der Waals surface area contributed by atoms with E-state index in [0.717, 1.165) is 38.5 Å². The van der Waals surface area contributed by atoms with Gasteiger partial charge in [-0.15, -0.1) is 0 Å². The zero-order valence-corrected chi connectivity index (χ0v) is 11.9. The van der Waals surface area contributed by atoms with Crippen molar-refractivity contribution in [2.75, 3.05) is 24.5 Å². The van der Waals surface area contributed by atoms with Gasteiger partial charge in [0.25, 0.3) is 5.69 Å². The lowest BCUT2D eigenvalue weighted by atomic mass is 9.88. The lowest BCUT2D eigenvalue weighted by molar-refractivity contribution is -0.384. The van der Waals surface area contributed by atoms with E-state index < -0.39 is 10.7 Å². The largest absolute Gasteiger partial charge is 0.366 e. The number of nitrogens with zero attached hydrogens (tertiary/aromatic N) is 2. The van der Waals surface area contributed by atoms with Gasteiger partial charge in [-0.2, -0.15) is 0 Å². The normalized spacial score (nSPS) is 23.5. The summed E-state index contributed by atoms with van der Waals surface area (Å²) in [4.78, 5) is 12.6. The number of nitrogens with one attached hydrogen (secondary N) is 1. The van der Waals surface area contributed by atoms with Gasteiger partial charge >= 0.3 is 0 Å². The summed E-state index contributed by atoms with van der Waals surface area (Å²) in [5.41, 5.74) is 0.409. The minimum Gasteiger partial charge on any atom is -0.366 e. The van der Waals surface area contributed by atoms with E-state index in [9.17, 15) is 14.5 Å². The molecule has 0 amide bonds. The monoisotopic (exact) mass is 293 g/mol. The Labute approximate surface area is 123 Å². The highest BCUT2D eigenvalue weighted by molar-refractivity contribution is 5.63. The zero-order chi connectivity index (χ0) is 14.8. The Morgan fingerprint density at radius 2 is 2.05 bits per heavy atom. The van der Waals surface area contributed by atoms with Crippen LogP contribution in [0.4, 0.5) is 15.8 Å². The topological polar surface area (TPSA) is 58.4 Å². The average molecular weight is 293 g/mol. The molecule has 1 unspecified atom stereocenters. The molecule has 3 rings (SSSR count). The Hall–Kier alpha value is -1.69. The first-order chi connectivity index (χ1) is 10.1. The first-order valence-electron chi connectivity index (χ1n) is 7.57. The second-order valence-electron chi connectivity index (χ2n) is 5.92. The van der Waals surface area contributed by atoms with Gasteiger partial charge < -0.3 is 10.2 Å². The molecule has 1 aromatic rings. The lowest BCUT2D eigenvalue weighted by Gasteiger charge is -2.35. The fraction of sp³-hybridized carbons (Fsp3) is 0.600. The molecule has 0 aromatic heterocycles. The molecule has 6 heteroatoms. The molecule has 2 heterocycles. The van der Waals surface area contributed by atoms with Crippen molar-refractivity contribution in [1.29, 1.82) is 0 Å². The summed E-state index contributed by atoms with van der Waals surface area (Å²) in [6.45, 7) is 2.61. The van der Waals surface area contributed by atoms with Gasteiger partial charge in [0.15, 0.2) is 0 Å². The van der Waals surface area contributed by atoms with Gasteiger partial charge in [-0.05, 0) is 44.2 Å². The summed E-state index contributed by atoms with van der Waals surface area (Å²) in [5.74, 6) is 0.214. The minimum absolute atomic E-state index is 0.00570. The summed E-state index contributed by atoms with van der Waals surface area (Å²) in [7, 11) is 0. The molecule has 0 spiro atoms. The minimum atomic E-state index is -0.431. The molecule has 21 heavy (non-hydrogen) atoms. The third-order valence-corrected chi connectivity index (χ3v) is 4.68. The predicted molar refractivity (Wildman–Crippen MR) is 79.0 cm³/mol.